The molecular formula is C26H21N3O3. The number of aromatic nitrogens is 2. The molecule has 0 fully saturated rings. The standard InChI is InChI=1S/C26H21N3O3/c1-15-11-17-7-8-22(28-24(17)20(30)12-15)32-23-14-18(9-10-27-23)25-29-26(2)19-6-4-3-5-16(19)13-21(26)31-25/h3-12,14,21,30H,13H2,1-2H3/t21-,26+/m1/s1/i13D2. The molecule has 1 N–H and O–H groups in total. The summed E-state index contributed by atoms with van der Waals surface area (Å²) in [4.78, 5) is 13.5. The first-order chi connectivity index (χ1) is 16.3. The second-order valence-corrected chi connectivity index (χ2v) is 8.24. The van der Waals surface area contributed by atoms with Crippen molar-refractivity contribution in [3.05, 3.63) is 89.1 Å². The third-order valence-electron chi connectivity index (χ3n) is 5.91. The fraction of sp³-hybridized carbons (Fsp3) is 0.192. The van der Waals surface area contributed by atoms with Gasteiger partial charge in [0.25, 0.3) is 0 Å². The molecule has 3 heterocycles. The molecule has 4 aromatic rings. The van der Waals surface area contributed by atoms with Gasteiger partial charge in [-0.25, -0.2) is 15.0 Å². The number of phenolic OH excluding ortho intramolecular Hbond substituents is 1. The van der Waals surface area contributed by atoms with Gasteiger partial charge >= 0.3 is 0 Å². The predicted molar refractivity (Wildman–Crippen MR) is 121 cm³/mol. The van der Waals surface area contributed by atoms with Gasteiger partial charge in [-0.15, -0.1) is 0 Å². The normalized spacial score (nSPS) is 23.6. The van der Waals surface area contributed by atoms with Crippen molar-refractivity contribution in [3.8, 4) is 17.5 Å². The molecule has 2 atom stereocenters. The Kier molecular flexibility index (Phi) is 3.55. The minimum atomic E-state index is -1.67. The van der Waals surface area contributed by atoms with Gasteiger partial charge in [0, 0.05) is 38.4 Å². The number of hydrogen-bond acceptors (Lipinski definition) is 6. The predicted octanol–water partition coefficient (Wildman–Crippen LogP) is 5.05. The van der Waals surface area contributed by atoms with E-state index in [0.29, 0.717) is 28.4 Å². The fourth-order valence-corrected chi connectivity index (χ4v) is 4.32. The first-order valence-electron chi connectivity index (χ1n) is 11.4. The molecule has 2 aliphatic rings. The molecule has 32 heavy (non-hydrogen) atoms. The molecule has 158 valence electrons. The van der Waals surface area contributed by atoms with Gasteiger partial charge in [0.2, 0.25) is 17.7 Å². The van der Waals surface area contributed by atoms with Gasteiger partial charge in [0.15, 0.2) is 0 Å². The summed E-state index contributed by atoms with van der Waals surface area (Å²) in [5.41, 5.74) is 2.65. The van der Waals surface area contributed by atoms with Crippen molar-refractivity contribution < 1.29 is 17.3 Å². The molecular weight excluding hydrogens is 402 g/mol. The number of fused-ring (bicyclic) bond motifs is 4. The van der Waals surface area contributed by atoms with Gasteiger partial charge in [-0.1, -0.05) is 24.3 Å². The number of aliphatic imine (C=N–C) groups is 1. The monoisotopic (exact) mass is 425 g/mol. The zero-order valence-electron chi connectivity index (χ0n) is 19.5. The van der Waals surface area contributed by atoms with Gasteiger partial charge < -0.3 is 14.6 Å². The number of aryl methyl sites for hydroxylation is 1. The number of rotatable bonds is 3. The van der Waals surface area contributed by atoms with Crippen LogP contribution in [-0.4, -0.2) is 27.1 Å². The van der Waals surface area contributed by atoms with Gasteiger partial charge in [0.05, 0.1) is 0 Å². The lowest BCUT2D eigenvalue weighted by Crippen LogP contribution is -2.27. The van der Waals surface area contributed by atoms with Crippen molar-refractivity contribution in [1.29, 1.82) is 0 Å². The van der Waals surface area contributed by atoms with E-state index < -0.39 is 18.0 Å². The summed E-state index contributed by atoms with van der Waals surface area (Å²) in [5.74, 6) is 1.01. The zero-order valence-corrected chi connectivity index (χ0v) is 17.5. The molecule has 0 spiro atoms. The highest BCUT2D eigenvalue weighted by Gasteiger charge is 2.49. The highest BCUT2D eigenvalue weighted by molar-refractivity contribution is 5.96. The molecule has 0 bridgehead atoms. The minimum Gasteiger partial charge on any atom is -0.506 e. The lowest BCUT2D eigenvalue weighted by Gasteiger charge is -2.20. The number of aromatic hydroxyl groups is 1. The van der Waals surface area contributed by atoms with E-state index in [1.165, 1.54) is 0 Å². The van der Waals surface area contributed by atoms with Crippen molar-refractivity contribution in [1.82, 2.24) is 9.97 Å². The summed E-state index contributed by atoms with van der Waals surface area (Å²) in [6.45, 7) is 3.81. The summed E-state index contributed by atoms with van der Waals surface area (Å²) in [5, 5.41) is 11.1. The molecule has 1 aliphatic carbocycles. The van der Waals surface area contributed by atoms with E-state index in [1.54, 1.807) is 36.5 Å². The first-order valence-corrected chi connectivity index (χ1v) is 10.4. The first kappa shape index (κ1) is 16.7. The maximum atomic E-state index is 10.2. The van der Waals surface area contributed by atoms with Gasteiger partial charge in [-0.3, -0.25) is 0 Å². The SMILES string of the molecule is [2H]C1([2H])c2ccccc2[C@]2(C)N=C(c3ccnc(Oc4ccc5cc(C)cc(O)c5n4)c3)O[C@H]12. The van der Waals surface area contributed by atoms with Crippen molar-refractivity contribution >= 4 is 16.8 Å². The van der Waals surface area contributed by atoms with Crippen LogP contribution in [0.15, 0.2) is 71.9 Å². The van der Waals surface area contributed by atoms with Crippen LogP contribution in [0.2, 0.25) is 0 Å². The zero-order chi connectivity index (χ0) is 23.7. The van der Waals surface area contributed by atoms with Crippen LogP contribution in [0.1, 0.15) is 31.9 Å². The molecule has 6 rings (SSSR count). The summed E-state index contributed by atoms with van der Waals surface area (Å²) in [7, 11) is 0. The lowest BCUT2D eigenvalue weighted by molar-refractivity contribution is 0.162. The van der Waals surface area contributed by atoms with Crippen LogP contribution in [0.3, 0.4) is 0 Å². The molecule has 6 heteroatoms. The van der Waals surface area contributed by atoms with E-state index in [4.69, 9.17) is 17.2 Å². The van der Waals surface area contributed by atoms with Crippen molar-refractivity contribution in [2.24, 2.45) is 4.99 Å². The van der Waals surface area contributed by atoms with Crippen molar-refractivity contribution in [2.75, 3.05) is 0 Å². The molecule has 2 aromatic heterocycles. The Hall–Kier alpha value is -3.93. The van der Waals surface area contributed by atoms with Crippen molar-refractivity contribution in [2.45, 2.75) is 31.9 Å². The van der Waals surface area contributed by atoms with Crippen LogP contribution >= 0.6 is 0 Å². The largest absolute Gasteiger partial charge is 0.506 e. The lowest BCUT2D eigenvalue weighted by atomic mass is 9.94. The Labute approximate surface area is 188 Å². The number of phenols is 1. The quantitative estimate of drug-likeness (QED) is 0.497. The molecule has 0 saturated heterocycles. The second kappa shape index (κ2) is 6.79. The molecule has 0 amide bonds. The summed E-state index contributed by atoms with van der Waals surface area (Å²) >= 11 is 0. The van der Waals surface area contributed by atoms with Gasteiger partial charge in [-0.2, -0.15) is 0 Å². The van der Waals surface area contributed by atoms with Crippen LogP contribution in [0.5, 0.6) is 17.5 Å². The summed E-state index contributed by atoms with van der Waals surface area (Å²) in [6.07, 6.45) is -0.853. The van der Waals surface area contributed by atoms with E-state index >= 15 is 0 Å². The Bertz CT molecular complexity index is 1500. The molecule has 0 saturated carbocycles. The number of benzene rings is 2. The number of nitrogens with zero attached hydrogens (tertiary/aromatic N) is 3. The number of pyridine rings is 2. The summed E-state index contributed by atoms with van der Waals surface area (Å²) in [6, 6.07) is 18.0. The van der Waals surface area contributed by atoms with Crippen molar-refractivity contribution in [3.63, 3.8) is 0 Å². The number of hydrogen-bond donors (Lipinski definition) is 1. The average Bonchev–Trinajstić information content (AvgIpc) is 3.26. The smallest absolute Gasteiger partial charge is 0.222 e. The third-order valence-corrected chi connectivity index (χ3v) is 5.91. The van der Waals surface area contributed by atoms with Crippen LogP contribution in [0.25, 0.3) is 10.9 Å². The Balaban J connectivity index is 1.33. The molecule has 0 radical (unpaired) electrons. The fourth-order valence-electron chi connectivity index (χ4n) is 4.32. The Morgan fingerprint density at radius 2 is 2.00 bits per heavy atom. The minimum absolute atomic E-state index is 0.0882. The molecule has 0 unspecified atom stereocenters. The van der Waals surface area contributed by atoms with E-state index in [9.17, 15) is 5.11 Å². The van der Waals surface area contributed by atoms with Gasteiger partial charge in [-0.05, 0) is 54.8 Å². The van der Waals surface area contributed by atoms with E-state index in [0.717, 1.165) is 16.5 Å². The Morgan fingerprint density at radius 1 is 1.12 bits per heavy atom. The van der Waals surface area contributed by atoms with Crippen LogP contribution in [0.4, 0.5) is 0 Å². The molecule has 1 aliphatic heterocycles. The maximum absolute atomic E-state index is 10.2. The third kappa shape index (κ3) is 2.91. The van der Waals surface area contributed by atoms with Crippen LogP contribution < -0.4 is 4.74 Å². The highest BCUT2D eigenvalue weighted by Crippen LogP contribution is 2.45. The Morgan fingerprint density at radius 3 is 2.91 bits per heavy atom. The maximum Gasteiger partial charge on any atom is 0.222 e. The molecule has 6 nitrogen and oxygen atoms in total. The molecule has 2 aromatic carbocycles. The van der Waals surface area contributed by atoms with Gasteiger partial charge in [0.1, 0.15) is 22.9 Å². The second-order valence-electron chi connectivity index (χ2n) is 8.24. The summed E-state index contributed by atoms with van der Waals surface area (Å²) < 4.78 is 29.3. The van der Waals surface area contributed by atoms with E-state index in [-0.39, 0.29) is 11.6 Å². The average molecular weight is 425 g/mol. The number of ether oxygens (including phenoxy) is 2. The topological polar surface area (TPSA) is 76.8 Å². The highest BCUT2D eigenvalue weighted by atomic mass is 16.5. The van der Waals surface area contributed by atoms with E-state index in [1.807, 2.05) is 44.2 Å². The van der Waals surface area contributed by atoms with E-state index in [2.05, 4.69) is 9.97 Å². The van der Waals surface area contributed by atoms with Crippen LogP contribution in [-0.2, 0) is 16.6 Å². The van der Waals surface area contributed by atoms with Crippen LogP contribution in [0, 0.1) is 6.92 Å².